The molecule has 3 aliphatic carbocycles. The molecule has 0 fully saturated rings. The van der Waals surface area contributed by atoms with Crippen molar-refractivity contribution < 1.29 is 0 Å². The third-order valence-corrected chi connectivity index (χ3v) is 13.2. The van der Waals surface area contributed by atoms with Crippen molar-refractivity contribution in [1.29, 1.82) is 0 Å². The number of nitrogens with zero attached hydrogens (tertiary/aromatic N) is 4. The highest BCUT2D eigenvalue weighted by Gasteiger charge is 2.24. The fraction of sp³-hybridized carbons (Fsp3) is 0.111. The van der Waals surface area contributed by atoms with Gasteiger partial charge in [0.25, 0.3) is 0 Å². The van der Waals surface area contributed by atoms with Crippen molar-refractivity contribution in [3.63, 3.8) is 0 Å². The molecule has 0 N–H and O–H groups in total. The second-order valence-corrected chi connectivity index (χ2v) is 16.2. The van der Waals surface area contributed by atoms with Crippen LogP contribution in [0, 0.1) is 0 Å². The van der Waals surface area contributed by atoms with Crippen molar-refractivity contribution in [3.8, 4) is 22.7 Å². The van der Waals surface area contributed by atoms with Gasteiger partial charge in [-0.3, -0.25) is 0 Å². The van der Waals surface area contributed by atoms with Gasteiger partial charge in [0.05, 0.1) is 27.6 Å². The van der Waals surface area contributed by atoms with E-state index in [4.69, 9.17) is 0 Å². The van der Waals surface area contributed by atoms with E-state index in [0.717, 1.165) is 44.2 Å². The summed E-state index contributed by atoms with van der Waals surface area (Å²) < 4.78 is 9.91. The van der Waals surface area contributed by atoms with Gasteiger partial charge in [0.1, 0.15) is 0 Å². The van der Waals surface area contributed by atoms with E-state index in [1.165, 1.54) is 105 Å². The van der Waals surface area contributed by atoms with Crippen molar-refractivity contribution in [3.05, 3.63) is 185 Å². The Morgan fingerprint density at radius 2 is 0.638 bits per heavy atom. The lowest BCUT2D eigenvalue weighted by atomic mass is 10.0. The average molecular weight is 745 g/mol. The van der Waals surface area contributed by atoms with Crippen LogP contribution < -0.4 is 0 Å². The predicted molar refractivity (Wildman–Crippen MR) is 243 cm³/mol. The van der Waals surface area contributed by atoms with Crippen LogP contribution in [0.5, 0.6) is 0 Å². The zero-order valence-corrected chi connectivity index (χ0v) is 32.2. The molecule has 0 radical (unpaired) electrons. The normalized spacial score (nSPS) is 14.6. The molecular formula is C54H40N4. The Kier molecular flexibility index (Phi) is 6.77. The van der Waals surface area contributed by atoms with Gasteiger partial charge < -0.3 is 18.3 Å². The van der Waals surface area contributed by atoms with E-state index in [-0.39, 0.29) is 0 Å². The van der Waals surface area contributed by atoms with Crippen molar-refractivity contribution in [2.75, 3.05) is 0 Å². The van der Waals surface area contributed by atoms with Gasteiger partial charge in [0, 0.05) is 66.8 Å². The smallest absolute Gasteiger partial charge is 0.0561 e. The Labute approximate surface area is 336 Å². The van der Waals surface area contributed by atoms with Crippen LogP contribution in [-0.4, -0.2) is 18.3 Å². The molecule has 0 atom stereocenters. The highest BCUT2D eigenvalue weighted by molar-refractivity contribution is 6.10. The maximum absolute atomic E-state index is 2.50. The van der Waals surface area contributed by atoms with Crippen molar-refractivity contribution >= 4 is 72.7 Å². The van der Waals surface area contributed by atoms with Gasteiger partial charge in [-0.2, -0.15) is 0 Å². The summed E-state index contributed by atoms with van der Waals surface area (Å²) in [6.07, 6.45) is 20.5. The molecular weight excluding hydrogens is 705 g/mol. The quantitative estimate of drug-likeness (QED) is 0.171. The molecule has 276 valence electrons. The Morgan fingerprint density at radius 1 is 0.293 bits per heavy atom. The topological polar surface area (TPSA) is 19.7 Å². The van der Waals surface area contributed by atoms with Crippen LogP contribution >= 0.6 is 0 Å². The molecule has 4 heteroatoms. The van der Waals surface area contributed by atoms with Crippen LogP contribution in [0.15, 0.2) is 152 Å². The molecule has 0 aliphatic heterocycles. The van der Waals surface area contributed by atoms with Crippen LogP contribution in [0.1, 0.15) is 53.0 Å². The van der Waals surface area contributed by atoms with Crippen LogP contribution in [0.4, 0.5) is 0 Å². The molecule has 0 unspecified atom stereocenters. The first-order valence-electron chi connectivity index (χ1n) is 20.9. The van der Waals surface area contributed by atoms with Crippen molar-refractivity contribution in [2.24, 2.45) is 0 Å². The van der Waals surface area contributed by atoms with Gasteiger partial charge in [0.15, 0.2) is 0 Å². The summed E-state index contributed by atoms with van der Waals surface area (Å²) in [5.41, 5.74) is 19.2. The molecule has 58 heavy (non-hydrogen) atoms. The second kappa shape index (κ2) is 12.2. The Balaban J connectivity index is 0.986. The molecule has 13 rings (SSSR count). The maximum Gasteiger partial charge on any atom is 0.0561 e. The van der Waals surface area contributed by atoms with E-state index in [2.05, 4.69) is 188 Å². The number of benzene rings is 6. The van der Waals surface area contributed by atoms with E-state index in [1.807, 2.05) is 0 Å². The van der Waals surface area contributed by atoms with E-state index in [1.54, 1.807) is 0 Å². The summed E-state index contributed by atoms with van der Waals surface area (Å²) in [7, 11) is 0. The molecule has 0 amide bonds. The first-order chi connectivity index (χ1) is 28.8. The molecule has 0 saturated heterocycles. The van der Waals surface area contributed by atoms with E-state index in [0.29, 0.717) is 0 Å². The molecule has 0 bridgehead atoms. The van der Waals surface area contributed by atoms with Gasteiger partial charge in [-0.25, -0.2) is 0 Å². The van der Waals surface area contributed by atoms with Crippen LogP contribution in [0.3, 0.4) is 0 Å². The van der Waals surface area contributed by atoms with Crippen LogP contribution in [0.2, 0.25) is 0 Å². The van der Waals surface area contributed by atoms with E-state index >= 15 is 0 Å². The number of allylic oxidation sites excluding steroid dienone is 3. The lowest BCUT2D eigenvalue weighted by molar-refractivity contribution is 0.965. The third-order valence-electron chi connectivity index (χ3n) is 13.2. The summed E-state index contributed by atoms with van der Waals surface area (Å²) in [5, 5.41) is 6.60. The first kappa shape index (κ1) is 32.1. The summed E-state index contributed by atoms with van der Waals surface area (Å²) in [4.78, 5) is 0. The number of hydrogen-bond donors (Lipinski definition) is 0. The number of aromatic nitrogens is 4. The number of aryl methyl sites for hydroxylation is 3. The largest absolute Gasteiger partial charge is 0.310 e. The lowest BCUT2D eigenvalue weighted by Gasteiger charge is -2.15. The van der Waals surface area contributed by atoms with Gasteiger partial charge in [0.2, 0.25) is 0 Å². The van der Waals surface area contributed by atoms with Gasteiger partial charge in [-0.15, -0.1) is 0 Å². The SMILES string of the molecule is C1=Cc2c(c3ccccc3n2-c2ccc3c4c(n(-c5ccc(-n6c7ccccc7c7ccc(-n8c9c(c%10ccccc%108)CCC=C9)cc76)cc5)c3c2)C=CCC4)CC1. The molecule has 10 aromatic rings. The number of fused-ring (bicyclic) bond motifs is 12. The van der Waals surface area contributed by atoms with E-state index in [9.17, 15) is 0 Å². The van der Waals surface area contributed by atoms with Crippen molar-refractivity contribution in [1.82, 2.24) is 18.3 Å². The van der Waals surface area contributed by atoms with Crippen LogP contribution in [0.25, 0.3) is 95.5 Å². The minimum Gasteiger partial charge on any atom is -0.310 e. The molecule has 6 aromatic carbocycles. The average Bonchev–Trinajstić information content (AvgIpc) is 4.01. The highest BCUT2D eigenvalue weighted by atomic mass is 15.0. The standard InChI is InChI=1S/C54H40N4/c1-9-21-49-39(13-1)40-14-2-10-22-50(40)57(49)37-29-31-45-43-17-5-7-19-47(43)55(53(45)33-37)35-25-27-36(28-26-35)56-48-20-8-6-18-44(48)46-32-30-38(34-54(46)56)58-51-23-11-3-15-41(51)42-16-4-12-24-52(42)58/h1,3,5,7-13,15,17,19-34H,2,4,6,14,16,18H2. The fourth-order valence-electron chi connectivity index (χ4n) is 10.7. The number of rotatable bonds is 4. The summed E-state index contributed by atoms with van der Waals surface area (Å²) >= 11 is 0. The molecule has 3 aliphatic rings. The summed E-state index contributed by atoms with van der Waals surface area (Å²) in [6, 6.07) is 50.1. The highest BCUT2D eigenvalue weighted by Crippen LogP contribution is 2.41. The fourth-order valence-corrected chi connectivity index (χ4v) is 10.7. The predicted octanol–water partition coefficient (Wildman–Crippen LogP) is 13.5. The Bertz CT molecular complexity index is 3440. The zero-order valence-electron chi connectivity index (χ0n) is 32.2. The molecule has 4 aromatic heterocycles. The minimum absolute atomic E-state index is 1.05. The van der Waals surface area contributed by atoms with Crippen molar-refractivity contribution in [2.45, 2.75) is 38.5 Å². The molecule has 4 nitrogen and oxygen atoms in total. The van der Waals surface area contributed by atoms with Crippen LogP contribution in [-0.2, 0) is 19.3 Å². The number of hydrogen-bond acceptors (Lipinski definition) is 0. The summed E-state index contributed by atoms with van der Waals surface area (Å²) in [5.74, 6) is 0. The third kappa shape index (κ3) is 4.46. The molecule has 0 spiro atoms. The molecule has 0 saturated carbocycles. The first-order valence-corrected chi connectivity index (χ1v) is 20.9. The summed E-state index contributed by atoms with van der Waals surface area (Å²) in [6.45, 7) is 0. The van der Waals surface area contributed by atoms with Gasteiger partial charge in [-0.1, -0.05) is 85.0 Å². The monoisotopic (exact) mass is 744 g/mol. The Hall–Kier alpha value is -7.04. The second-order valence-electron chi connectivity index (χ2n) is 16.2. The van der Waals surface area contributed by atoms with Gasteiger partial charge >= 0.3 is 0 Å². The van der Waals surface area contributed by atoms with E-state index < -0.39 is 0 Å². The molecule has 4 heterocycles. The zero-order chi connectivity index (χ0) is 37.9. The maximum atomic E-state index is 2.50. The minimum atomic E-state index is 1.05. The Morgan fingerprint density at radius 3 is 1.16 bits per heavy atom. The van der Waals surface area contributed by atoms with Gasteiger partial charge in [-0.05, 0) is 140 Å². The lowest BCUT2D eigenvalue weighted by Crippen LogP contribution is -2.03. The number of para-hydroxylation sites is 3.